The Morgan fingerprint density at radius 1 is 0.356 bits per heavy atom. The zero-order chi connectivity index (χ0) is 76.8. The van der Waals surface area contributed by atoms with Crippen molar-refractivity contribution in [2.45, 2.75) is 257 Å². The van der Waals surface area contributed by atoms with E-state index in [2.05, 4.69) is 171 Å². The van der Waals surface area contributed by atoms with E-state index in [1.54, 1.807) is 50.6 Å². The Morgan fingerprint density at radius 2 is 0.624 bits per heavy atom. The van der Waals surface area contributed by atoms with Crippen molar-refractivity contribution >= 4 is 5.97 Å². The van der Waals surface area contributed by atoms with E-state index < -0.39 is 0 Å². The van der Waals surface area contributed by atoms with E-state index in [9.17, 15) is 4.79 Å². The van der Waals surface area contributed by atoms with E-state index in [4.69, 9.17) is 58.0 Å². The minimum Gasteiger partial charge on any atom is -0.508 e. The van der Waals surface area contributed by atoms with Gasteiger partial charge < -0.3 is 58.0 Å². The largest absolute Gasteiger partial charge is 0.508 e. The lowest BCUT2D eigenvalue weighted by Crippen LogP contribution is -2.33. The summed E-state index contributed by atoms with van der Waals surface area (Å²) in [6.45, 7) is 53.5. The van der Waals surface area contributed by atoms with Crippen LogP contribution >= 0.6 is 0 Å². The fourth-order valence-corrected chi connectivity index (χ4v) is 8.54. The lowest BCUT2D eigenvalue weighted by Gasteiger charge is -2.27. The number of hydrogen-bond donors (Lipinski definition) is 3. The number of esters is 1. The first-order chi connectivity index (χ1) is 47.7. The molecule has 13 heteroatoms. The summed E-state index contributed by atoms with van der Waals surface area (Å²) in [6, 6.07) is 49.6. The van der Waals surface area contributed by atoms with E-state index in [1.165, 1.54) is 46.2 Å². The van der Waals surface area contributed by atoms with Crippen LogP contribution < -0.4 is 9.47 Å². The number of rotatable bonds is 31. The van der Waals surface area contributed by atoms with Crippen LogP contribution in [-0.2, 0) is 38.0 Å². The summed E-state index contributed by atoms with van der Waals surface area (Å²) in [5, 5.41) is 27.0. The minimum absolute atomic E-state index is 0.113. The van der Waals surface area contributed by atoms with Gasteiger partial charge in [-0.2, -0.15) is 0 Å². The molecule has 3 N–H and O–H groups in total. The van der Waals surface area contributed by atoms with Crippen molar-refractivity contribution in [2.75, 3.05) is 73.7 Å². The van der Waals surface area contributed by atoms with E-state index in [0.29, 0.717) is 112 Å². The summed E-state index contributed by atoms with van der Waals surface area (Å²) in [4.78, 5) is 11.5. The molecule has 7 unspecified atom stereocenters. The first kappa shape index (κ1) is 96.6. The summed E-state index contributed by atoms with van der Waals surface area (Å²) in [6.07, 6.45) is 7.63. The number of hydrogen-bond acceptors (Lipinski definition) is 13. The predicted molar refractivity (Wildman–Crippen MR) is 424 cm³/mol. The summed E-state index contributed by atoms with van der Waals surface area (Å²) in [5.41, 5.74) is 7.25. The van der Waals surface area contributed by atoms with E-state index in [0.717, 1.165) is 43.6 Å². The van der Waals surface area contributed by atoms with Crippen LogP contribution in [0.1, 0.15) is 273 Å². The van der Waals surface area contributed by atoms with Gasteiger partial charge in [0.2, 0.25) is 0 Å². The molecule has 0 saturated carbocycles. The van der Waals surface area contributed by atoms with Crippen molar-refractivity contribution in [3.63, 3.8) is 0 Å². The van der Waals surface area contributed by atoms with Crippen molar-refractivity contribution in [2.24, 2.45) is 5.41 Å². The molecule has 6 aromatic rings. The third kappa shape index (κ3) is 49.7. The third-order valence-electron chi connectivity index (χ3n) is 16.9. The molecule has 0 radical (unpaired) electrons. The molecule has 0 amide bonds. The molecule has 0 fully saturated rings. The fourth-order valence-electron chi connectivity index (χ4n) is 8.54. The molecule has 0 aliphatic rings. The van der Waals surface area contributed by atoms with Crippen LogP contribution in [0.2, 0.25) is 0 Å². The molecule has 0 aliphatic carbocycles. The van der Waals surface area contributed by atoms with Crippen LogP contribution in [0.25, 0.3) is 0 Å². The van der Waals surface area contributed by atoms with Crippen LogP contribution in [0.5, 0.6) is 28.7 Å². The van der Waals surface area contributed by atoms with Crippen LogP contribution in [0, 0.1) is 5.41 Å². The van der Waals surface area contributed by atoms with Crippen molar-refractivity contribution in [3.8, 4) is 28.7 Å². The molecule has 0 bridgehead atoms. The van der Waals surface area contributed by atoms with Crippen LogP contribution in [-0.4, -0.2) is 112 Å². The number of benzene rings is 6. The number of methoxy groups -OCH3 is 2. The zero-order valence-corrected chi connectivity index (χ0v) is 67.7. The Labute approximate surface area is 615 Å². The van der Waals surface area contributed by atoms with Gasteiger partial charge >= 0.3 is 5.97 Å². The van der Waals surface area contributed by atoms with Crippen molar-refractivity contribution in [1.29, 1.82) is 0 Å². The summed E-state index contributed by atoms with van der Waals surface area (Å²) >= 11 is 0. The predicted octanol–water partition coefficient (Wildman–Crippen LogP) is 23.3. The highest BCUT2D eigenvalue weighted by Gasteiger charge is 2.30. The standard InChI is InChI=1S/C14H22O2.C14H22O.C10H22O5.C10H20O2.3C10H14O.C10H14/c1-5-11(3)13-7-9-14(10-8-13)16-12(4)15-6-2;1-6-11(2)12-7-9-13(10-8-12)15-14(3,4)5;1-11-3-5-13-7-9-15-10-8-14-6-4-12-2;1-7-10(5,6)8(11)12-9(2,3)4;3*1-3-8(2)9-4-6-10(11)7-5-9;1-3-9(2)10-7-5-4-6-8-10/h7-12H,5-6H2,1-4H3;7-11H,6H2,1-5H3;3-10H2,1-2H3;7H2,1-6H3;3*4-8,11H,3H2,1-2H3;4-9H,3H2,1-2H3. The molecule has 0 saturated heterocycles. The lowest BCUT2D eigenvalue weighted by atomic mass is 9.90. The Bertz CT molecular complexity index is 2710. The third-order valence-corrected chi connectivity index (χ3v) is 16.9. The smallest absolute Gasteiger partial charge is 0.312 e. The first-order valence-electron chi connectivity index (χ1n) is 37.3. The second-order valence-electron chi connectivity index (χ2n) is 28.1. The molecule has 572 valence electrons. The molecule has 6 aromatic carbocycles. The summed E-state index contributed by atoms with van der Waals surface area (Å²) < 4.78 is 47.3. The maximum Gasteiger partial charge on any atom is 0.312 e. The Hall–Kier alpha value is -6.45. The van der Waals surface area contributed by atoms with Gasteiger partial charge in [0.05, 0.1) is 58.3 Å². The molecular weight excluding hydrogens is 1260 g/mol. The number of ether oxygens (including phenoxy) is 9. The molecule has 0 spiro atoms. The van der Waals surface area contributed by atoms with Crippen molar-refractivity contribution in [3.05, 3.63) is 185 Å². The molecule has 13 nitrogen and oxygen atoms in total. The van der Waals surface area contributed by atoms with Gasteiger partial charge in [0, 0.05) is 20.8 Å². The van der Waals surface area contributed by atoms with Gasteiger partial charge in [-0.1, -0.05) is 181 Å². The average molecular weight is 1410 g/mol. The summed E-state index contributed by atoms with van der Waals surface area (Å²) in [7, 11) is 3.30. The van der Waals surface area contributed by atoms with Crippen molar-refractivity contribution in [1.82, 2.24) is 0 Å². The number of phenolic OH excluding ortho intramolecular Hbond substituents is 3. The zero-order valence-electron chi connectivity index (χ0n) is 67.7. The highest BCUT2D eigenvalue weighted by molar-refractivity contribution is 5.76. The number of aromatic hydroxyl groups is 3. The summed E-state index contributed by atoms with van der Waals surface area (Å²) in [5.74, 6) is 6.47. The van der Waals surface area contributed by atoms with Crippen LogP contribution in [0.4, 0.5) is 0 Å². The van der Waals surface area contributed by atoms with Crippen LogP contribution in [0.15, 0.2) is 152 Å². The topological polar surface area (TPSA) is 161 Å². The molecule has 0 heterocycles. The van der Waals surface area contributed by atoms with Gasteiger partial charge in [0.25, 0.3) is 0 Å². The average Bonchev–Trinajstić information content (AvgIpc) is 1.13. The SMILES string of the molecule is CCC(C)(C)C(=O)OC(C)(C)C.CCC(C)c1ccc(O)cc1.CCC(C)c1ccc(O)cc1.CCC(C)c1ccc(O)cc1.CCC(C)c1ccc(OC(C)(C)C)cc1.CCC(C)c1ccccc1.CCOC(C)Oc1ccc(C(C)CC)cc1.COCCOCCOCCOCCOC. The molecule has 7 atom stereocenters. The van der Waals surface area contributed by atoms with Gasteiger partial charge in [-0.3, -0.25) is 4.79 Å². The Kier molecular flexibility index (Phi) is 54.5. The van der Waals surface area contributed by atoms with Gasteiger partial charge in [-0.25, -0.2) is 0 Å². The number of carbonyl (C=O) groups excluding carboxylic acids is 1. The monoisotopic (exact) mass is 1410 g/mol. The second kappa shape index (κ2) is 57.0. The minimum atomic E-state index is -0.372. The Balaban J connectivity index is 0. The van der Waals surface area contributed by atoms with Gasteiger partial charge in [0.1, 0.15) is 39.9 Å². The normalized spacial score (nSPS) is 13.0. The van der Waals surface area contributed by atoms with Crippen LogP contribution in [0.3, 0.4) is 0 Å². The van der Waals surface area contributed by atoms with E-state index >= 15 is 0 Å². The molecule has 0 aliphatic heterocycles. The number of phenols is 3. The molecule has 6 rings (SSSR count). The Morgan fingerprint density at radius 3 is 0.871 bits per heavy atom. The highest BCUT2D eigenvalue weighted by Crippen LogP contribution is 2.28. The van der Waals surface area contributed by atoms with Gasteiger partial charge in [-0.15, -0.1) is 0 Å². The molecular formula is C88H142O13. The first-order valence-corrected chi connectivity index (χ1v) is 37.3. The number of carbonyl (C=O) groups is 1. The van der Waals surface area contributed by atoms with Gasteiger partial charge in [-0.05, 0) is 244 Å². The van der Waals surface area contributed by atoms with E-state index in [-0.39, 0.29) is 28.9 Å². The highest BCUT2D eigenvalue weighted by atomic mass is 16.7. The molecule has 101 heavy (non-hydrogen) atoms. The second-order valence-corrected chi connectivity index (χ2v) is 28.1. The van der Waals surface area contributed by atoms with E-state index in [1.807, 2.05) is 104 Å². The maximum atomic E-state index is 11.5. The molecule has 0 aromatic heterocycles. The van der Waals surface area contributed by atoms with Gasteiger partial charge in [0.15, 0.2) is 6.29 Å². The quantitative estimate of drug-likeness (QED) is 0.0214. The fraction of sp³-hybridized carbons (Fsp3) is 0.580. The lowest BCUT2D eigenvalue weighted by molar-refractivity contribution is -0.165. The van der Waals surface area contributed by atoms with Crippen molar-refractivity contribution < 1.29 is 62.7 Å². The maximum absolute atomic E-state index is 11.5.